The summed E-state index contributed by atoms with van der Waals surface area (Å²) in [6.45, 7) is 1.69. The van der Waals surface area contributed by atoms with Gasteiger partial charge in [-0.3, -0.25) is 9.59 Å². The zero-order valence-electron chi connectivity index (χ0n) is 10.7. The van der Waals surface area contributed by atoms with Crippen LogP contribution in [0.4, 0.5) is 15.8 Å². The number of aryl methyl sites for hydroxylation is 1. The SMILES string of the molecule is Cc1cc(F)cc(N2C(=O)c3cccc(N)c3C2=O)c1. The van der Waals surface area contributed by atoms with Gasteiger partial charge in [-0.2, -0.15) is 0 Å². The predicted molar refractivity (Wildman–Crippen MR) is 73.1 cm³/mol. The molecule has 100 valence electrons. The van der Waals surface area contributed by atoms with Crippen molar-refractivity contribution < 1.29 is 14.0 Å². The molecule has 0 bridgehead atoms. The molecule has 3 rings (SSSR count). The van der Waals surface area contributed by atoms with Crippen LogP contribution in [0.1, 0.15) is 26.3 Å². The van der Waals surface area contributed by atoms with E-state index in [1.165, 1.54) is 12.1 Å². The van der Waals surface area contributed by atoms with Crippen molar-refractivity contribution in [3.8, 4) is 0 Å². The molecular formula is C15H11FN2O2. The molecular weight excluding hydrogens is 259 g/mol. The molecule has 0 aliphatic carbocycles. The van der Waals surface area contributed by atoms with Gasteiger partial charge in [0.1, 0.15) is 5.82 Å². The zero-order chi connectivity index (χ0) is 14.4. The average Bonchev–Trinajstić information content (AvgIpc) is 2.61. The second-order valence-electron chi connectivity index (χ2n) is 4.70. The van der Waals surface area contributed by atoms with E-state index in [1.807, 2.05) is 0 Å². The predicted octanol–water partition coefficient (Wildman–Crippen LogP) is 2.52. The monoisotopic (exact) mass is 270 g/mol. The Balaban J connectivity index is 2.17. The normalized spacial score (nSPS) is 13.8. The molecule has 0 saturated heterocycles. The fourth-order valence-electron chi connectivity index (χ4n) is 2.39. The summed E-state index contributed by atoms with van der Waals surface area (Å²) in [5.41, 5.74) is 7.27. The Morgan fingerprint density at radius 3 is 2.50 bits per heavy atom. The van der Waals surface area contributed by atoms with Gasteiger partial charge in [0.2, 0.25) is 0 Å². The Morgan fingerprint density at radius 1 is 1.10 bits per heavy atom. The number of carbonyl (C=O) groups excluding carboxylic acids is 2. The van der Waals surface area contributed by atoms with Gasteiger partial charge in [0, 0.05) is 5.69 Å². The number of benzene rings is 2. The molecule has 0 spiro atoms. The number of hydrogen-bond donors (Lipinski definition) is 1. The lowest BCUT2D eigenvalue weighted by Gasteiger charge is -2.14. The van der Waals surface area contributed by atoms with Crippen LogP contribution in [-0.2, 0) is 0 Å². The third-order valence-corrected chi connectivity index (χ3v) is 3.23. The lowest BCUT2D eigenvalue weighted by molar-refractivity contribution is 0.0926. The second-order valence-corrected chi connectivity index (χ2v) is 4.70. The van der Waals surface area contributed by atoms with Gasteiger partial charge in [-0.05, 0) is 42.8 Å². The molecule has 0 radical (unpaired) electrons. The quantitative estimate of drug-likeness (QED) is 0.639. The van der Waals surface area contributed by atoms with E-state index in [1.54, 1.807) is 25.1 Å². The lowest BCUT2D eigenvalue weighted by atomic mass is 10.1. The summed E-state index contributed by atoms with van der Waals surface area (Å²) in [5, 5.41) is 0. The van der Waals surface area contributed by atoms with Gasteiger partial charge >= 0.3 is 0 Å². The first-order valence-corrected chi connectivity index (χ1v) is 6.03. The zero-order valence-corrected chi connectivity index (χ0v) is 10.7. The maximum Gasteiger partial charge on any atom is 0.268 e. The smallest absolute Gasteiger partial charge is 0.268 e. The van der Waals surface area contributed by atoms with Crippen molar-refractivity contribution >= 4 is 23.2 Å². The van der Waals surface area contributed by atoms with Crippen molar-refractivity contribution in [2.24, 2.45) is 0 Å². The largest absolute Gasteiger partial charge is 0.398 e. The van der Waals surface area contributed by atoms with Gasteiger partial charge in [0.25, 0.3) is 11.8 Å². The Hall–Kier alpha value is -2.69. The van der Waals surface area contributed by atoms with Crippen LogP contribution < -0.4 is 10.6 Å². The van der Waals surface area contributed by atoms with Gasteiger partial charge in [0.05, 0.1) is 16.8 Å². The van der Waals surface area contributed by atoms with E-state index in [0.29, 0.717) is 5.56 Å². The van der Waals surface area contributed by atoms with Crippen LogP contribution in [0.3, 0.4) is 0 Å². The molecule has 0 fully saturated rings. The summed E-state index contributed by atoms with van der Waals surface area (Å²) in [6.07, 6.45) is 0. The Kier molecular flexibility index (Phi) is 2.57. The van der Waals surface area contributed by atoms with E-state index in [4.69, 9.17) is 5.73 Å². The maximum atomic E-state index is 13.5. The summed E-state index contributed by atoms with van der Waals surface area (Å²) >= 11 is 0. The van der Waals surface area contributed by atoms with Gasteiger partial charge in [-0.15, -0.1) is 0 Å². The van der Waals surface area contributed by atoms with Crippen LogP contribution in [0.15, 0.2) is 36.4 Å². The number of nitrogens with zero attached hydrogens (tertiary/aromatic N) is 1. The van der Waals surface area contributed by atoms with E-state index in [9.17, 15) is 14.0 Å². The third-order valence-electron chi connectivity index (χ3n) is 3.23. The average molecular weight is 270 g/mol. The Morgan fingerprint density at radius 2 is 1.85 bits per heavy atom. The van der Waals surface area contributed by atoms with Crippen molar-refractivity contribution in [1.29, 1.82) is 0 Å². The topological polar surface area (TPSA) is 63.4 Å². The first kappa shape index (κ1) is 12.3. The van der Waals surface area contributed by atoms with E-state index in [0.717, 1.165) is 11.0 Å². The highest BCUT2D eigenvalue weighted by molar-refractivity contribution is 6.35. The van der Waals surface area contributed by atoms with Crippen LogP contribution in [0.25, 0.3) is 0 Å². The van der Waals surface area contributed by atoms with Crippen molar-refractivity contribution in [1.82, 2.24) is 0 Å². The molecule has 2 amide bonds. The van der Waals surface area contributed by atoms with Crippen molar-refractivity contribution in [3.63, 3.8) is 0 Å². The molecule has 5 heteroatoms. The lowest BCUT2D eigenvalue weighted by Crippen LogP contribution is -2.29. The highest BCUT2D eigenvalue weighted by atomic mass is 19.1. The second kappa shape index (κ2) is 4.16. The Bertz CT molecular complexity index is 735. The van der Waals surface area contributed by atoms with Crippen LogP contribution in [0.2, 0.25) is 0 Å². The summed E-state index contributed by atoms with van der Waals surface area (Å²) < 4.78 is 13.5. The van der Waals surface area contributed by atoms with E-state index in [2.05, 4.69) is 0 Å². The number of nitrogens with two attached hydrogens (primary N) is 1. The minimum absolute atomic E-state index is 0.180. The first-order valence-electron chi connectivity index (χ1n) is 6.03. The van der Waals surface area contributed by atoms with Gasteiger partial charge < -0.3 is 5.73 Å². The van der Waals surface area contributed by atoms with Gasteiger partial charge in [0.15, 0.2) is 0 Å². The van der Waals surface area contributed by atoms with Crippen molar-refractivity contribution in [2.75, 3.05) is 10.6 Å². The number of imide groups is 1. The van der Waals surface area contributed by atoms with Crippen LogP contribution in [0, 0.1) is 12.7 Å². The van der Waals surface area contributed by atoms with E-state index < -0.39 is 17.6 Å². The summed E-state index contributed by atoms with van der Waals surface area (Å²) in [7, 11) is 0. The maximum absolute atomic E-state index is 13.5. The van der Waals surface area contributed by atoms with Gasteiger partial charge in [-0.1, -0.05) is 6.07 Å². The summed E-state index contributed by atoms with van der Waals surface area (Å²) in [4.78, 5) is 25.6. The molecule has 1 heterocycles. The number of fused-ring (bicyclic) bond motifs is 1. The third kappa shape index (κ3) is 1.67. The number of rotatable bonds is 1. The number of nitrogen functional groups attached to an aromatic ring is 1. The van der Waals surface area contributed by atoms with Crippen LogP contribution in [0.5, 0.6) is 0 Å². The van der Waals surface area contributed by atoms with Crippen molar-refractivity contribution in [2.45, 2.75) is 6.92 Å². The number of anilines is 2. The molecule has 2 N–H and O–H groups in total. The minimum Gasteiger partial charge on any atom is -0.398 e. The molecule has 4 nitrogen and oxygen atoms in total. The minimum atomic E-state index is -0.520. The van der Waals surface area contributed by atoms with Crippen LogP contribution in [-0.4, -0.2) is 11.8 Å². The Labute approximate surface area is 114 Å². The molecule has 0 aromatic heterocycles. The first-order chi connectivity index (χ1) is 9.49. The fourth-order valence-corrected chi connectivity index (χ4v) is 2.39. The molecule has 2 aromatic carbocycles. The van der Waals surface area contributed by atoms with E-state index >= 15 is 0 Å². The van der Waals surface area contributed by atoms with Crippen molar-refractivity contribution in [3.05, 3.63) is 58.9 Å². The number of amides is 2. The molecule has 2 aromatic rings. The molecule has 20 heavy (non-hydrogen) atoms. The molecule has 0 atom stereocenters. The van der Waals surface area contributed by atoms with E-state index in [-0.39, 0.29) is 22.5 Å². The highest BCUT2D eigenvalue weighted by Gasteiger charge is 2.38. The summed E-state index contributed by atoms with van der Waals surface area (Å²) in [5.74, 6) is -1.50. The van der Waals surface area contributed by atoms with Gasteiger partial charge in [-0.25, -0.2) is 9.29 Å². The molecule has 0 unspecified atom stereocenters. The highest BCUT2D eigenvalue weighted by Crippen LogP contribution is 2.32. The molecule has 1 aliphatic rings. The number of hydrogen-bond acceptors (Lipinski definition) is 3. The number of halogens is 1. The fraction of sp³-hybridized carbons (Fsp3) is 0.0667. The van der Waals surface area contributed by atoms with Crippen LogP contribution >= 0.6 is 0 Å². The standard InChI is InChI=1S/C15H11FN2O2/c1-8-5-9(16)7-10(6-8)18-14(19)11-3-2-4-12(17)13(11)15(18)20/h2-7H,17H2,1H3. The molecule has 0 saturated carbocycles. The summed E-state index contributed by atoms with van der Waals surface area (Å²) in [6, 6.07) is 8.78. The number of carbonyl (C=O) groups is 2. The molecule has 1 aliphatic heterocycles.